The Bertz CT molecular complexity index is 629. The van der Waals surface area contributed by atoms with Crippen LogP contribution in [0.3, 0.4) is 0 Å². The van der Waals surface area contributed by atoms with Crippen LogP contribution in [0.25, 0.3) is 10.4 Å². The van der Waals surface area contributed by atoms with Gasteiger partial charge in [0.15, 0.2) is 5.13 Å². The number of thiazole rings is 1. The Kier molecular flexibility index (Phi) is 4.70. The van der Waals surface area contributed by atoms with Crippen molar-refractivity contribution in [2.75, 3.05) is 5.32 Å². The van der Waals surface area contributed by atoms with E-state index in [2.05, 4.69) is 15.6 Å². The number of carbonyl (C=O) groups is 1. The largest absolute Gasteiger partial charge is 0.391 e. The number of aromatic nitrogens is 1. The minimum absolute atomic E-state index is 0.165. The maximum absolute atomic E-state index is 12.0. The summed E-state index contributed by atoms with van der Waals surface area (Å²) in [6.45, 7) is 0. The molecular formula is C16H19N3O2S. The molecule has 2 aromatic rings. The van der Waals surface area contributed by atoms with Gasteiger partial charge in [-0.25, -0.2) is 9.78 Å². The molecule has 5 nitrogen and oxygen atoms in total. The van der Waals surface area contributed by atoms with Gasteiger partial charge in [-0.05, 0) is 18.4 Å². The van der Waals surface area contributed by atoms with Gasteiger partial charge in [0.25, 0.3) is 0 Å². The highest BCUT2D eigenvalue weighted by Gasteiger charge is 2.24. The number of aliphatic hydroxyl groups excluding tert-OH is 1. The zero-order valence-electron chi connectivity index (χ0n) is 12.2. The molecule has 1 aliphatic rings. The summed E-state index contributed by atoms with van der Waals surface area (Å²) in [4.78, 5) is 17.2. The van der Waals surface area contributed by atoms with Crippen molar-refractivity contribution in [1.82, 2.24) is 10.3 Å². The topological polar surface area (TPSA) is 74.2 Å². The van der Waals surface area contributed by atoms with Crippen LogP contribution in [0.2, 0.25) is 0 Å². The van der Waals surface area contributed by atoms with Gasteiger partial charge in [-0.15, -0.1) is 0 Å². The summed E-state index contributed by atoms with van der Waals surface area (Å²) in [5, 5.41) is 16.0. The molecular weight excluding hydrogens is 298 g/mol. The van der Waals surface area contributed by atoms with Gasteiger partial charge in [0, 0.05) is 6.20 Å². The van der Waals surface area contributed by atoms with E-state index in [-0.39, 0.29) is 12.1 Å². The summed E-state index contributed by atoms with van der Waals surface area (Å²) in [5.41, 5.74) is 1.08. The maximum Gasteiger partial charge on any atom is 0.321 e. The molecule has 0 aliphatic heterocycles. The van der Waals surface area contributed by atoms with Gasteiger partial charge in [0.05, 0.1) is 17.0 Å². The zero-order chi connectivity index (χ0) is 15.4. The van der Waals surface area contributed by atoms with Crippen molar-refractivity contribution in [2.24, 2.45) is 0 Å². The Labute approximate surface area is 133 Å². The molecule has 0 radical (unpaired) electrons. The number of amides is 2. The van der Waals surface area contributed by atoms with Crippen molar-refractivity contribution < 1.29 is 9.90 Å². The van der Waals surface area contributed by atoms with Gasteiger partial charge in [-0.3, -0.25) is 5.32 Å². The third kappa shape index (κ3) is 3.64. The minimum Gasteiger partial charge on any atom is -0.391 e. The predicted molar refractivity (Wildman–Crippen MR) is 88.0 cm³/mol. The van der Waals surface area contributed by atoms with Crippen molar-refractivity contribution in [3.05, 3.63) is 36.5 Å². The Balaban J connectivity index is 1.59. The van der Waals surface area contributed by atoms with Gasteiger partial charge in [-0.1, -0.05) is 54.5 Å². The van der Waals surface area contributed by atoms with Gasteiger partial charge < -0.3 is 10.4 Å². The molecule has 0 bridgehead atoms. The molecule has 22 heavy (non-hydrogen) atoms. The van der Waals surface area contributed by atoms with E-state index >= 15 is 0 Å². The molecule has 2 amide bonds. The average Bonchev–Trinajstić information content (AvgIpc) is 2.99. The van der Waals surface area contributed by atoms with Gasteiger partial charge in [0.2, 0.25) is 0 Å². The second-order valence-electron chi connectivity index (χ2n) is 5.45. The standard InChI is InChI=1S/C16H19N3O2S/c20-13-9-5-4-8-12(13)18-15(21)19-16-17-10-14(22-16)11-6-2-1-3-7-11/h1-3,6-7,10,12-13,20H,4-5,8-9H2,(H2,17,18,19,21). The number of nitrogens with zero attached hydrogens (tertiary/aromatic N) is 1. The molecule has 3 rings (SSSR count). The number of urea groups is 1. The average molecular weight is 317 g/mol. The van der Waals surface area contributed by atoms with Crippen LogP contribution in [0.15, 0.2) is 36.5 Å². The lowest BCUT2D eigenvalue weighted by Crippen LogP contribution is -2.46. The van der Waals surface area contributed by atoms with Crippen molar-refractivity contribution in [3.63, 3.8) is 0 Å². The zero-order valence-corrected chi connectivity index (χ0v) is 13.0. The fraction of sp³-hybridized carbons (Fsp3) is 0.375. The number of hydrogen-bond acceptors (Lipinski definition) is 4. The summed E-state index contributed by atoms with van der Waals surface area (Å²) >= 11 is 1.43. The van der Waals surface area contributed by atoms with Crippen molar-refractivity contribution >= 4 is 22.5 Å². The molecule has 1 aliphatic carbocycles. The first kappa shape index (κ1) is 15.0. The molecule has 3 N–H and O–H groups in total. The number of nitrogens with one attached hydrogen (secondary N) is 2. The highest BCUT2D eigenvalue weighted by molar-refractivity contribution is 7.19. The lowest BCUT2D eigenvalue weighted by molar-refractivity contribution is 0.0955. The van der Waals surface area contributed by atoms with E-state index in [9.17, 15) is 9.90 Å². The third-order valence-electron chi connectivity index (χ3n) is 3.83. The smallest absolute Gasteiger partial charge is 0.321 e. The summed E-state index contributed by atoms with van der Waals surface area (Å²) in [6.07, 6.45) is 4.94. The molecule has 1 saturated carbocycles. The van der Waals surface area contributed by atoms with Crippen LogP contribution >= 0.6 is 11.3 Å². The van der Waals surface area contributed by atoms with Crippen LogP contribution in [0, 0.1) is 0 Å². The Morgan fingerprint density at radius 1 is 1.23 bits per heavy atom. The quantitative estimate of drug-likeness (QED) is 0.813. The van der Waals surface area contributed by atoms with E-state index in [4.69, 9.17) is 0 Å². The van der Waals surface area contributed by atoms with E-state index in [0.29, 0.717) is 5.13 Å². The summed E-state index contributed by atoms with van der Waals surface area (Å²) in [5.74, 6) is 0. The van der Waals surface area contributed by atoms with Crippen LogP contribution < -0.4 is 10.6 Å². The summed E-state index contributed by atoms with van der Waals surface area (Å²) in [6, 6.07) is 9.46. The molecule has 116 valence electrons. The molecule has 1 aromatic heterocycles. The normalized spacial score (nSPS) is 21.3. The van der Waals surface area contributed by atoms with Crippen LogP contribution in [0.5, 0.6) is 0 Å². The van der Waals surface area contributed by atoms with E-state index in [1.165, 1.54) is 11.3 Å². The molecule has 0 spiro atoms. The van der Waals surface area contributed by atoms with Crippen LogP contribution in [0.1, 0.15) is 25.7 Å². The lowest BCUT2D eigenvalue weighted by Gasteiger charge is -2.28. The number of aliphatic hydroxyl groups is 1. The molecule has 1 fully saturated rings. The van der Waals surface area contributed by atoms with Gasteiger partial charge in [-0.2, -0.15) is 0 Å². The monoisotopic (exact) mass is 317 g/mol. The molecule has 6 heteroatoms. The molecule has 1 heterocycles. The first-order chi connectivity index (χ1) is 10.7. The highest BCUT2D eigenvalue weighted by atomic mass is 32.1. The van der Waals surface area contributed by atoms with Gasteiger partial charge >= 0.3 is 6.03 Å². The van der Waals surface area contributed by atoms with E-state index in [1.807, 2.05) is 30.3 Å². The SMILES string of the molecule is O=C(Nc1ncc(-c2ccccc2)s1)NC1CCCCC1O. The van der Waals surface area contributed by atoms with E-state index in [1.54, 1.807) is 6.20 Å². The predicted octanol–water partition coefficient (Wildman–Crippen LogP) is 3.24. The first-order valence-corrected chi connectivity index (χ1v) is 8.31. The molecule has 0 saturated heterocycles. The second kappa shape index (κ2) is 6.89. The Morgan fingerprint density at radius 3 is 2.77 bits per heavy atom. The fourth-order valence-electron chi connectivity index (χ4n) is 2.65. The molecule has 2 unspecified atom stereocenters. The van der Waals surface area contributed by atoms with Crippen molar-refractivity contribution in [1.29, 1.82) is 0 Å². The Morgan fingerprint density at radius 2 is 2.00 bits per heavy atom. The number of carbonyl (C=O) groups excluding carboxylic acids is 1. The fourth-order valence-corrected chi connectivity index (χ4v) is 3.47. The summed E-state index contributed by atoms with van der Waals surface area (Å²) in [7, 11) is 0. The number of benzene rings is 1. The van der Waals surface area contributed by atoms with E-state index < -0.39 is 6.10 Å². The number of hydrogen-bond donors (Lipinski definition) is 3. The Hall–Kier alpha value is -1.92. The summed E-state index contributed by atoms with van der Waals surface area (Å²) < 4.78 is 0. The van der Waals surface area contributed by atoms with Crippen LogP contribution in [-0.2, 0) is 0 Å². The van der Waals surface area contributed by atoms with Crippen molar-refractivity contribution in [2.45, 2.75) is 37.8 Å². The number of rotatable bonds is 3. The minimum atomic E-state index is -0.448. The first-order valence-electron chi connectivity index (χ1n) is 7.49. The second-order valence-corrected chi connectivity index (χ2v) is 6.48. The van der Waals surface area contributed by atoms with Crippen molar-refractivity contribution in [3.8, 4) is 10.4 Å². The number of anilines is 1. The van der Waals surface area contributed by atoms with E-state index in [0.717, 1.165) is 36.1 Å². The molecule has 2 atom stereocenters. The maximum atomic E-state index is 12.0. The third-order valence-corrected chi connectivity index (χ3v) is 4.79. The highest BCUT2D eigenvalue weighted by Crippen LogP contribution is 2.28. The van der Waals surface area contributed by atoms with Crippen LogP contribution in [0.4, 0.5) is 9.93 Å². The van der Waals surface area contributed by atoms with Crippen LogP contribution in [-0.4, -0.2) is 28.3 Å². The molecule has 1 aromatic carbocycles. The lowest BCUT2D eigenvalue weighted by atomic mass is 9.93. The van der Waals surface area contributed by atoms with Gasteiger partial charge in [0.1, 0.15) is 0 Å².